The van der Waals surface area contributed by atoms with E-state index in [2.05, 4.69) is 50.4 Å². The van der Waals surface area contributed by atoms with Crippen LogP contribution in [0, 0.1) is 11.3 Å². The van der Waals surface area contributed by atoms with E-state index in [9.17, 15) is 0 Å². The second-order valence-electron chi connectivity index (χ2n) is 3.92. The van der Waals surface area contributed by atoms with Gasteiger partial charge in [-0.3, -0.25) is 5.32 Å². The molecule has 1 fully saturated rings. The Hall–Kier alpha value is -1.05. The number of nitrogens with zero attached hydrogens (tertiary/aromatic N) is 2. The molecule has 16 heavy (non-hydrogen) atoms. The lowest BCUT2D eigenvalue weighted by molar-refractivity contribution is 0.591. The highest BCUT2D eigenvalue weighted by Gasteiger charge is 2.22. The average Bonchev–Trinajstić information content (AvgIpc) is 2.75. The molecule has 84 valence electrons. The van der Waals surface area contributed by atoms with Gasteiger partial charge in [0.15, 0.2) is 0 Å². The maximum Gasteiger partial charge on any atom is 0.0843 e. The van der Waals surface area contributed by atoms with Crippen molar-refractivity contribution in [3.8, 4) is 6.07 Å². The second-order valence-corrected chi connectivity index (χ2v) is 4.78. The summed E-state index contributed by atoms with van der Waals surface area (Å²) in [6.45, 7) is 2.46. The predicted molar refractivity (Wildman–Crippen MR) is 68.4 cm³/mol. The number of benzene rings is 1. The molecule has 0 spiro atoms. The summed E-state index contributed by atoms with van der Waals surface area (Å²) in [4.78, 5) is 2.35. The van der Waals surface area contributed by atoms with Crippen LogP contribution in [0.2, 0.25) is 0 Å². The fraction of sp³-hybridized carbons (Fsp3) is 0.417. The summed E-state index contributed by atoms with van der Waals surface area (Å²) in [5.74, 6) is 0. The lowest BCUT2D eigenvalue weighted by atomic mass is 10.2. The molecule has 3 nitrogen and oxygen atoms in total. The van der Waals surface area contributed by atoms with E-state index in [1.54, 1.807) is 0 Å². The fourth-order valence-corrected chi connectivity index (χ4v) is 2.58. The highest BCUT2D eigenvalue weighted by Crippen LogP contribution is 2.28. The molecule has 4 heteroatoms. The van der Waals surface area contributed by atoms with Crippen LogP contribution in [0.1, 0.15) is 6.42 Å². The van der Waals surface area contributed by atoms with Gasteiger partial charge in [-0.1, -0.05) is 12.1 Å². The molecule has 1 aliphatic rings. The summed E-state index contributed by atoms with van der Waals surface area (Å²) < 4.78 is 1.14. The minimum Gasteiger partial charge on any atom is -0.369 e. The van der Waals surface area contributed by atoms with Crippen molar-refractivity contribution in [2.45, 2.75) is 12.5 Å². The molecular weight excluding hydrogens is 266 g/mol. The van der Waals surface area contributed by atoms with Crippen LogP contribution < -0.4 is 10.2 Å². The van der Waals surface area contributed by atoms with Gasteiger partial charge >= 0.3 is 0 Å². The van der Waals surface area contributed by atoms with E-state index in [0.717, 1.165) is 24.0 Å². The first-order valence-electron chi connectivity index (χ1n) is 5.41. The average molecular weight is 280 g/mol. The summed E-state index contributed by atoms with van der Waals surface area (Å²) in [5, 5.41) is 11.8. The molecule has 0 aromatic heterocycles. The highest BCUT2D eigenvalue weighted by molar-refractivity contribution is 9.10. The molecule has 1 N–H and O–H groups in total. The Morgan fingerprint density at radius 1 is 1.50 bits per heavy atom. The molecule has 1 aromatic carbocycles. The SMILES string of the molecule is N#CCNC1CCN(c2ccccc2Br)C1. The van der Waals surface area contributed by atoms with Crippen molar-refractivity contribution in [2.24, 2.45) is 0 Å². The van der Waals surface area contributed by atoms with Gasteiger partial charge in [0, 0.05) is 23.6 Å². The Balaban J connectivity index is 1.99. The van der Waals surface area contributed by atoms with Gasteiger partial charge in [0.2, 0.25) is 0 Å². The van der Waals surface area contributed by atoms with Crippen LogP contribution in [0.15, 0.2) is 28.7 Å². The third kappa shape index (κ3) is 2.55. The quantitative estimate of drug-likeness (QED) is 0.862. The van der Waals surface area contributed by atoms with Crippen molar-refractivity contribution in [1.82, 2.24) is 5.32 Å². The summed E-state index contributed by atoms with van der Waals surface area (Å²) in [6.07, 6.45) is 1.10. The maximum absolute atomic E-state index is 8.52. The first-order chi connectivity index (χ1) is 7.81. The van der Waals surface area contributed by atoms with Crippen LogP contribution in [0.5, 0.6) is 0 Å². The van der Waals surface area contributed by atoms with Crippen LogP contribution in [-0.4, -0.2) is 25.7 Å². The maximum atomic E-state index is 8.52. The van der Waals surface area contributed by atoms with Gasteiger partial charge in [-0.25, -0.2) is 0 Å². The lowest BCUT2D eigenvalue weighted by Crippen LogP contribution is -2.32. The van der Waals surface area contributed by atoms with Crippen molar-refractivity contribution >= 4 is 21.6 Å². The number of anilines is 1. The van der Waals surface area contributed by atoms with E-state index < -0.39 is 0 Å². The Morgan fingerprint density at radius 3 is 3.06 bits per heavy atom. The van der Waals surface area contributed by atoms with Crippen molar-refractivity contribution in [2.75, 3.05) is 24.5 Å². The van der Waals surface area contributed by atoms with Gasteiger partial charge in [-0.2, -0.15) is 5.26 Å². The number of para-hydroxylation sites is 1. The molecule has 0 aliphatic carbocycles. The molecule has 1 aromatic rings. The standard InChI is InChI=1S/C12H14BrN3/c13-11-3-1-2-4-12(11)16-8-5-10(9-16)15-7-6-14/h1-4,10,15H,5,7-9H2. The van der Waals surface area contributed by atoms with Gasteiger partial charge in [-0.05, 0) is 34.5 Å². The number of hydrogen-bond donors (Lipinski definition) is 1. The molecule has 0 bridgehead atoms. The predicted octanol–water partition coefficient (Wildman–Crippen LogP) is 2.14. The van der Waals surface area contributed by atoms with Crippen molar-refractivity contribution < 1.29 is 0 Å². The number of nitrogens with one attached hydrogen (secondary N) is 1. The number of nitriles is 1. The van der Waals surface area contributed by atoms with Gasteiger partial charge in [-0.15, -0.1) is 0 Å². The largest absolute Gasteiger partial charge is 0.369 e. The minimum atomic E-state index is 0.437. The Morgan fingerprint density at radius 2 is 2.31 bits per heavy atom. The van der Waals surface area contributed by atoms with E-state index in [0.29, 0.717) is 12.6 Å². The zero-order valence-corrected chi connectivity index (χ0v) is 10.6. The number of hydrogen-bond acceptors (Lipinski definition) is 3. The van der Waals surface area contributed by atoms with E-state index in [1.807, 2.05) is 6.07 Å². The van der Waals surface area contributed by atoms with Gasteiger partial charge in [0.05, 0.1) is 18.3 Å². The molecule has 0 radical (unpaired) electrons. The number of halogens is 1. The Kier molecular flexibility index (Phi) is 3.81. The van der Waals surface area contributed by atoms with E-state index in [-0.39, 0.29) is 0 Å². The summed E-state index contributed by atoms with van der Waals surface area (Å²) >= 11 is 3.56. The zero-order chi connectivity index (χ0) is 11.4. The molecule has 1 unspecified atom stereocenters. The highest BCUT2D eigenvalue weighted by atomic mass is 79.9. The minimum absolute atomic E-state index is 0.437. The van der Waals surface area contributed by atoms with Gasteiger partial charge in [0.25, 0.3) is 0 Å². The van der Waals surface area contributed by atoms with Crippen LogP contribution in [-0.2, 0) is 0 Å². The Labute approximate surface area is 104 Å². The monoisotopic (exact) mass is 279 g/mol. The smallest absolute Gasteiger partial charge is 0.0843 e. The van der Waals surface area contributed by atoms with Crippen molar-refractivity contribution in [3.05, 3.63) is 28.7 Å². The van der Waals surface area contributed by atoms with Crippen LogP contribution >= 0.6 is 15.9 Å². The summed E-state index contributed by atoms with van der Waals surface area (Å²) in [6, 6.07) is 10.8. The molecule has 0 amide bonds. The molecule has 1 heterocycles. The molecule has 1 saturated heterocycles. The first-order valence-corrected chi connectivity index (χ1v) is 6.20. The zero-order valence-electron chi connectivity index (χ0n) is 8.99. The summed E-state index contributed by atoms with van der Waals surface area (Å²) in [7, 11) is 0. The van der Waals surface area contributed by atoms with E-state index in [1.165, 1.54) is 5.69 Å². The van der Waals surface area contributed by atoms with Crippen LogP contribution in [0.4, 0.5) is 5.69 Å². The van der Waals surface area contributed by atoms with Crippen molar-refractivity contribution in [3.63, 3.8) is 0 Å². The third-order valence-electron chi connectivity index (χ3n) is 2.85. The van der Waals surface area contributed by atoms with Crippen LogP contribution in [0.25, 0.3) is 0 Å². The van der Waals surface area contributed by atoms with Gasteiger partial charge in [0.1, 0.15) is 0 Å². The third-order valence-corrected chi connectivity index (χ3v) is 3.52. The number of rotatable bonds is 3. The Bertz CT molecular complexity index is 399. The normalized spacial score (nSPS) is 19.8. The van der Waals surface area contributed by atoms with E-state index in [4.69, 9.17) is 5.26 Å². The molecule has 0 saturated carbocycles. The lowest BCUT2D eigenvalue weighted by Gasteiger charge is -2.20. The summed E-state index contributed by atoms with van der Waals surface area (Å²) in [5.41, 5.74) is 1.24. The van der Waals surface area contributed by atoms with Crippen molar-refractivity contribution in [1.29, 1.82) is 5.26 Å². The molecular formula is C12H14BrN3. The van der Waals surface area contributed by atoms with Gasteiger partial charge < -0.3 is 4.90 Å². The topological polar surface area (TPSA) is 39.1 Å². The fourth-order valence-electron chi connectivity index (χ4n) is 2.04. The van der Waals surface area contributed by atoms with Crippen LogP contribution in [0.3, 0.4) is 0 Å². The molecule has 1 atom stereocenters. The second kappa shape index (κ2) is 5.33. The molecule has 2 rings (SSSR count). The van der Waals surface area contributed by atoms with E-state index >= 15 is 0 Å². The molecule has 1 aliphatic heterocycles. The first kappa shape index (κ1) is 11.4.